The quantitative estimate of drug-likeness (QED) is 0.517. The Hall–Kier alpha value is -3.87. The van der Waals surface area contributed by atoms with E-state index in [4.69, 9.17) is 14.2 Å². The Kier molecular flexibility index (Phi) is 4.35. The molecule has 0 amide bonds. The highest BCUT2D eigenvalue weighted by Crippen LogP contribution is 2.38. The summed E-state index contributed by atoms with van der Waals surface area (Å²) in [6.45, 7) is 0.545. The number of ether oxygens (including phenoxy) is 3. The van der Waals surface area contributed by atoms with E-state index >= 15 is 0 Å². The van der Waals surface area contributed by atoms with Crippen molar-refractivity contribution in [1.82, 2.24) is 14.5 Å². The van der Waals surface area contributed by atoms with Crippen molar-refractivity contribution in [3.63, 3.8) is 0 Å². The van der Waals surface area contributed by atoms with Gasteiger partial charge in [-0.2, -0.15) is 4.98 Å². The summed E-state index contributed by atoms with van der Waals surface area (Å²) in [4.78, 5) is 21.1. The van der Waals surface area contributed by atoms with E-state index in [1.807, 2.05) is 42.5 Å². The molecule has 3 heterocycles. The van der Waals surface area contributed by atoms with Crippen LogP contribution < -0.4 is 19.9 Å². The number of pyridine rings is 1. The number of benzene rings is 2. The van der Waals surface area contributed by atoms with Crippen molar-refractivity contribution in [1.29, 1.82) is 0 Å². The van der Waals surface area contributed by atoms with E-state index in [0.717, 1.165) is 27.7 Å². The van der Waals surface area contributed by atoms with Crippen LogP contribution in [0.2, 0.25) is 0 Å². The lowest BCUT2D eigenvalue weighted by molar-refractivity contribution is 0.354. The Balaban J connectivity index is 1.58. The van der Waals surface area contributed by atoms with Gasteiger partial charge in [0.2, 0.25) is 5.88 Å². The second-order valence-corrected chi connectivity index (χ2v) is 6.99. The van der Waals surface area contributed by atoms with Gasteiger partial charge in [0.1, 0.15) is 5.75 Å². The predicted molar refractivity (Wildman–Crippen MR) is 113 cm³/mol. The number of hydrogen-bond acceptors (Lipinski definition) is 6. The second-order valence-electron chi connectivity index (χ2n) is 6.99. The number of hydrogen-bond donors (Lipinski definition) is 0. The summed E-state index contributed by atoms with van der Waals surface area (Å²) in [6.07, 6.45) is 2.44. The van der Waals surface area contributed by atoms with Crippen LogP contribution in [0.5, 0.6) is 23.1 Å². The fourth-order valence-electron chi connectivity index (χ4n) is 3.81. The van der Waals surface area contributed by atoms with E-state index in [0.29, 0.717) is 30.2 Å². The Morgan fingerprint density at radius 3 is 2.67 bits per heavy atom. The van der Waals surface area contributed by atoms with Gasteiger partial charge in [-0.15, -0.1) is 0 Å². The largest absolute Gasteiger partial charge is 0.493 e. The fraction of sp³-hybridized carbons (Fsp3) is 0.174. The summed E-state index contributed by atoms with van der Waals surface area (Å²) in [7, 11) is 3.20. The molecule has 4 aromatic rings. The van der Waals surface area contributed by atoms with Crippen molar-refractivity contribution < 1.29 is 14.2 Å². The van der Waals surface area contributed by atoms with Gasteiger partial charge in [0.05, 0.1) is 25.4 Å². The van der Waals surface area contributed by atoms with Crippen LogP contribution in [-0.4, -0.2) is 28.8 Å². The molecule has 0 aliphatic carbocycles. The van der Waals surface area contributed by atoms with Crippen molar-refractivity contribution in [2.45, 2.75) is 13.0 Å². The summed E-state index contributed by atoms with van der Waals surface area (Å²) in [5.41, 5.74) is 3.20. The van der Waals surface area contributed by atoms with E-state index in [1.54, 1.807) is 31.0 Å². The summed E-state index contributed by atoms with van der Waals surface area (Å²) in [5, 5.41) is 1.01. The number of aromatic nitrogens is 3. The molecule has 30 heavy (non-hydrogen) atoms. The van der Waals surface area contributed by atoms with Gasteiger partial charge < -0.3 is 14.2 Å². The number of methoxy groups -OCH3 is 2. The molecule has 0 spiro atoms. The first-order valence-corrected chi connectivity index (χ1v) is 9.56. The number of aryl methyl sites for hydroxylation is 1. The van der Waals surface area contributed by atoms with Crippen LogP contribution in [0.25, 0.3) is 22.2 Å². The molecule has 7 heteroatoms. The molecular weight excluding hydrogens is 382 g/mol. The van der Waals surface area contributed by atoms with Crippen molar-refractivity contribution in [3.05, 3.63) is 70.8 Å². The Morgan fingerprint density at radius 2 is 1.83 bits per heavy atom. The molecule has 0 saturated heterocycles. The van der Waals surface area contributed by atoms with E-state index < -0.39 is 0 Å². The van der Waals surface area contributed by atoms with Crippen LogP contribution in [0, 0.1) is 0 Å². The Morgan fingerprint density at radius 1 is 1.00 bits per heavy atom. The molecule has 2 aromatic carbocycles. The van der Waals surface area contributed by atoms with Crippen molar-refractivity contribution in [2.24, 2.45) is 0 Å². The average Bonchev–Trinajstić information content (AvgIpc) is 2.78. The van der Waals surface area contributed by atoms with Crippen LogP contribution in [0.4, 0.5) is 0 Å². The molecule has 1 aliphatic heterocycles. The zero-order chi connectivity index (χ0) is 20.7. The van der Waals surface area contributed by atoms with Crippen LogP contribution in [0.3, 0.4) is 0 Å². The summed E-state index contributed by atoms with van der Waals surface area (Å²) >= 11 is 0. The lowest BCUT2D eigenvalue weighted by Crippen LogP contribution is -2.28. The minimum atomic E-state index is -0.346. The highest BCUT2D eigenvalue weighted by molar-refractivity contribution is 5.79. The van der Waals surface area contributed by atoms with Gasteiger partial charge in [0.15, 0.2) is 11.5 Å². The lowest BCUT2D eigenvalue weighted by Gasteiger charge is -2.23. The summed E-state index contributed by atoms with van der Waals surface area (Å²) in [6, 6.07) is 15.1. The minimum absolute atomic E-state index is 0.240. The molecule has 5 rings (SSSR count). The smallest absolute Gasteiger partial charge is 0.351 e. The SMILES string of the molecule is COc1cc2c(cc1OC)-c1cc(Oc3ccc4cccnc4c3)nc(=O)n1CC2. The average molecular weight is 401 g/mol. The highest BCUT2D eigenvalue weighted by Gasteiger charge is 2.22. The summed E-state index contributed by atoms with van der Waals surface area (Å²) in [5.74, 6) is 2.09. The first kappa shape index (κ1) is 18.2. The molecule has 7 nitrogen and oxygen atoms in total. The maximum Gasteiger partial charge on any atom is 0.351 e. The molecule has 2 aromatic heterocycles. The topological polar surface area (TPSA) is 75.5 Å². The number of nitrogens with zero attached hydrogens (tertiary/aromatic N) is 3. The maximum absolute atomic E-state index is 12.7. The highest BCUT2D eigenvalue weighted by atomic mass is 16.5. The Labute approximate surface area is 172 Å². The normalized spacial score (nSPS) is 12.2. The summed E-state index contributed by atoms with van der Waals surface area (Å²) < 4.78 is 18.4. The van der Waals surface area contributed by atoms with Crippen molar-refractivity contribution >= 4 is 10.9 Å². The van der Waals surface area contributed by atoms with Crippen molar-refractivity contribution in [3.8, 4) is 34.4 Å². The number of fused-ring (bicyclic) bond motifs is 4. The molecule has 0 unspecified atom stereocenters. The predicted octanol–water partition coefficient (Wildman–Crippen LogP) is 3.82. The van der Waals surface area contributed by atoms with Crippen LogP contribution in [0.1, 0.15) is 5.56 Å². The molecule has 0 fully saturated rings. The van der Waals surface area contributed by atoms with E-state index in [9.17, 15) is 4.79 Å². The first-order chi connectivity index (χ1) is 14.7. The third kappa shape index (κ3) is 3.04. The van der Waals surface area contributed by atoms with Crippen LogP contribution >= 0.6 is 0 Å². The third-order valence-electron chi connectivity index (χ3n) is 5.28. The molecule has 1 aliphatic rings. The molecule has 0 bridgehead atoms. The maximum atomic E-state index is 12.7. The van der Waals surface area contributed by atoms with Gasteiger partial charge in [0.25, 0.3) is 0 Å². The third-order valence-corrected chi connectivity index (χ3v) is 5.28. The van der Waals surface area contributed by atoms with E-state index in [-0.39, 0.29) is 11.6 Å². The second kappa shape index (κ2) is 7.18. The molecular formula is C23H19N3O4. The molecule has 150 valence electrons. The van der Waals surface area contributed by atoms with Gasteiger partial charge in [-0.3, -0.25) is 9.55 Å². The van der Waals surface area contributed by atoms with Gasteiger partial charge >= 0.3 is 5.69 Å². The fourth-order valence-corrected chi connectivity index (χ4v) is 3.81. The number of rotatable bonds is 4. The minimum Gasteiger partial charge on any atom is -0.493 e. The Bertz CT molecular complexity index is 1330. The molecule has 0 N–H and O–H groups in total. The van der Waals surface area contributed by atoms with Crippen molar-refractivity contribution in [2.75, 3.05) is 14.2 Å². The monoisotopic (exact) mass is 401 g/mol. The van der Waals surface area contributed by atoms with Gasteiger partial charge in [-0.25, -0.2) is 4.79 Å². The van der Waals surface area contributed by atoms with Gasteiger partial charge in [-0.05, 0) is 42.3 Å². The van der Waals surface area contributed by atoms with E-state index in [2.05, 4.69) is 9.97 Å². The van der Waals surface area contributed by atoms with Gasteiger partial charge in [-0.1, -0.05) is 6.07 Å². The first-order valence-electron chi connectivity index (χ1n) is 9.56. The van der Waals surface area contributed by atoms with Gasteiger partial charge in [0, 0.05) is 35.8 Å². The van der Waals surface area contributed by atoms with E-state index in [1.165, 1.54) is 0 Å². The lowest BCUT2D eigenvalue weighted by atomic mass is 9.97. The molecule has 0 saturated carbocycles. The van der Waals surface area contributed by atoms with Crippen LogP contribution in [0.15, 0.2) is 59.5 Å². The van der Waals surface area contributed by atoms with Crippen LogP contribution in [-0.2, 0) is 13.0 Å². The molecule has 0 atom stereocenters. The standard InChI is InChI=1S/C23H19N3O4/c1-28-20-10-15-7-9-26-19(17(15)12-21(20)29-2)13-22(25-23(26)27)30-16-6-5-14-4-3-8-24-18(14)11-16/h3-6,8,10-13H,7,9H2,1-2H3. The zero-order valence-corrected chi connectivity index (χ0v) is 16.6. The molecule has 0 radical (unpaired) electrons. The zero-order valence-electron chi connectivity index (χ0n) is 16.6.